The van der Waals surface area contributed by atoms with Gasteiger partial charge in [-0.3, -0.25) is 4.79 Å². The molecule has 0 unspecified atom stereocenters. The van der Waals surface area contributed by atoms with Crippen LogP contribution >= 0.6 is 0 Å². The third kappa shape index (κ3) is 4.66. The first-order chi connectivity index (χ1) is 14.9. The van der Waals surface area contributed by atoms with Gasteiger partial charge in [0.25, 0.3) is 5.91 Å². The van der Waals surface area contributed by atoms with Crippen LogP contribution in [0.5, 0.6) is 5.75 Å². The van der Waals surface area contributed by atoms with Crippen LogP contribution in [0.3, 0.4) is 0 Å². The van der Waals surface area contributed by atoms with Gasteiger partial charge in [0.15, 0.2) is 5.76 Å². The van der Waals surface area contributed by atoms with E-state index >= 15 is 0 Å². The molecule has 31 heavy (non-hydrogen) atoms. The van der Waals surface area contributed by atoms with E-state index in [1.54, 1.807) is 12.1 Å². The van der Waals surface area contributed by atoms with E-state index in [9.17, 15) is 9.90 Å². The molecule has 0 bridgehead atoms. The van der Waals surface area contributed by atoms with Crippen LogP contribution in [-0.2, 0) is 26.0 Å². The van der Waals surface area contributed by atoms with Crippen LogP contribution in [0.1, 0.15) is 51.1 Å². The van der Waals surface area contributed by atoms with E-state index in [4.69, 9.17) is 9.15 Å². The minimum absolute atomic E-state index is 0.0110. The van der Waals surface area contributed by atoms with Crippen molar-refractivity contribution in [2.45, 2.75) is 59.2 Å². The van der Waals surface area contributed by atoms with Crippen LogP contribution in [0.15, 0.2) is 34.7 Å². The Labute approximate surface area is 182 Å². The predicted molar refractivity (Wildman–Crippen MR) is 116 cm³/mol. The van der Waals surface area contributed by atoms with Crippen molar-refractivity contribution in [3.63, 3.8) is 0 Å². The molecule has 3 aromatic rings. The summed E-state index contributed by atoms with van der Waals surface area (Å²) < 4.78 is 13.6. The van der Waals surface area contributed by atoms with Crippen molar-refractivity contribution < 1.29 is 19.1 Å². The van der Waals surface area contributed by atoms with Crippen LogP contribution < -0.4 is 10.1 Å². The smallest absolute Gasteiger partial charge is 0.287 e. The zero-order valence-corrected chi connectivity index (χ0v) is 18.3. The third-order valence-electron chi connectivity index (χ3n) is 5.76. The molecule has 0 saturated carbocycles. The average Bonchev–Trinajstić information content (AvgIpc) is 3.32. The summed E-state index contributed by atoms with van der Waals surface area (Å²) in [7, 11) is 0. The number of fused-ring (bicyclic) bond motifs is 1. The lowest BCUT2D eigenvalue weighted by atomic mass is 9.95. The van der Waals surface area contributed by atoms with Crippen molar-refractivity contribution in [1.82, 2.24) is 14.9 Å². The van der Waals surface area contributed by atoms with E-state index < -0.39 is 0 Å². The lowest BCUT2D eigenvalue weighted by Gasteiger charge is -2.23. The number of hydrogen-bond donors (Lipinski definition) is 2. The first-order valence-electron chi connectivity index (χ1n) is 10.7. The fraction of sp³-hybridized carbons (Fsp3) is 0.417. The zero-order chi connectivity index (χ0) is 22.0. The molecule has 0 radical (unpaired) electrons. The molecule has 1 aromatic carbocycles. The maximum atomic E-state index is 12.7. The van der Waals surface area contributed by atoms with E-state index in [-0.39, 0.29) is 30.9 Å². The molecular weight excluding hydrogens is 394 g/mol. The van der Waals surface area contributed by atoms with Crippen molar-refractivity contribution in [2.75, 3.05) is 6.61 Å². The van der Waals surface area contributed by atoms with E-state index in [1.807, 2.05) is 32.9 Å². The summed E-state index contributed by atoms with van der Waals surface area (Å²) in [6.07, 6.45) is 2.34. The zero-order valence-electron chi connectivity index (χ0n) is 18.3. The van der Waals surface area contributed by atoms with Crippen molar-refractivity contribution in [3.05, 3.63) is 70.2 Å². The molecule has 1 aliphatic rings. The standard InChI is InChI=1S/C24H29N3O4/c1-15-4-8-22(16(2)12-15)30-14-19-6-9-23(31-19)24(29)26-18-5-7-21-20(13-18)25-17(3)27(21)10-11-28/h4,6,8-9,12,18,28H,5,7,10-11,13-14H2,1-3H3,(H,26,29)/t18-/m1/s1. The first kappa shape index (κ1) is 21.2. The number of nitrogens with zero attached hydrogens (tertiary/aromatic N) is 2. The Kier molecular flexibility index (Phi) is 6.13. The lowest BCUT2D eigenvalue weighted by Crippen LogP contribution is -2.39. The largest absolute Gasteiger partial charge is 0.485 e. The van der Waals surface area contributed by atoms with Gasteiger partial charge in [0.2, 0.25) is 0 Å². The fourth-order valence-corrected chi connectivity index (χ4v) is 4.22. The third-order valence-corrected chi connectivity index (χ3v) is 5.76. The normalized spacial score (nSPS) is 15.5. The molecule has 0 fully saturated rings. The van der Waals surface area contributed by atoms with Crippen LogP contribution in [0.25, 0.3) is 0 Å². The van der Waals surface area contributed by atoms with E-state index in [2.05, 4.69) is 20.9 Å². The summed E-state index contributed by atoms with van der Waals surface area (Å²) in [5.41, 5.74) is 4.43. The van der Waals surface area contributed by atoms with E-state index in [1.165, 1.54) is 11.3 Å². The van der Waals surface area contributed by atoms with E-state index in [0.29, 0.717) is 18.7 Å². The Morgan fingerprint density at radius 2 is 2.13 bits per heavy atom. The molecule has 2 heterocycles. The van der Waals surface area contributed by atoms with Gasteiger partial charge in [0.1, 0.15) is 23.9 Å². The molecule has 1 aliphatic carbocycles. The first-order valence-corrected chi connectivity index (χ1v) is 10.7. The molecule has 2 N–H and O–H groups in total. The molecule has 4 rings (SSSR count). The van der Waals surface area contributed by atoms with Crippen LogP contribution in [-0.4, -0.2) is 33.2 Å². The molecular formula is C24H29N3O4. The minimum atomic E-state index is -0.224. The van der Waals surface area contributed by atoms with Gasteiger partial charge < -0.3 is 24.1 Å². The number of rotatable bonds is 7. The summed E-state index contributed by atoms with van der Waals surface area (Å²) in [4.78, 5) is 17.3. The number of aliphatic hydroxyl groups is 1. The highest BCUT2D eigenvalue weighted by Crippen LogP contribution is 2.23. The molecule has 1 atom stereocenters. The highest BCUT2D eigenvalue weighted by Gasteiger charge is 2.26. The Balaban J connectivity index is 1.34. The number of ether oxygens (including phenoxy) is 1. The van der Waals surface area contributed by atoms with Crippen LogP contribution in [0.2, 0.25) is 0 Å². The highest BCUT2D eigenvalue weighted by molar-refractivity contribution is 5.91. The van der Waals surface area contributed by atoms with Crippen molar-refractivity contribution in [3.8, 4) is 5.75 Å². The number of nitrogens with one attached hydrogen (secondary N) is 1. The van der Waals surface area contributed by atoms with E-state index in [0.717, 1.165) is 35.7 Å². The van der Waals surface area contributed by atoms with Gasteiger partial charge in [0, 0.05) is 24.7 Å². The van der Waals surface area contributed by atoms with Gasteiger partial charge in [-0.2, -0.15) is 0 Å². The maximum Gasteiger partial charge on any atom is 0.287 e. The van der Waals surface area contributed by atoms with Gasteiger partial charge in [-0.05, 0) is 57.4 Å². The lowest BCUT2D eigenvalue weighted by molar-refractivity contribution is 0.0901. The maximum absolute atomic E-state index is 12.7. The molecule has 7 heteroatoms. The second kappa shape index (κ2) is 8.98. The SMILES string of the molecule is Cc1ccc(OCc2ccc(C(=O)N[C@@H]3CCc4c(nc(C)n4CCO)C3)o2)c(C)c1. The predicted octanol–water partition coefficient (Wildman–Crippen LogP) is 3.26. The number of carbonyl (C=O) groups is 1. The number of aliphatic hydroxyl groups excluding tert-OH is 1. The Bertz CT molecular complexity index is 1080. The molecule has 1 amide bonds. The number of imidazole rings is 1. The summed E-state index contributed by atoms with van der Waals surface area (Å²) in [6, 6.07) is 9.49. The monoisotopic (exact) mass is 423 g/mol. The number of aromatic nitrogens is 2. The molecule has 0 saturated heterocycles. The second-order valence-electron chi connectivity index (χ2n) is 8.16. The van der Waals surface area contributed by atoms with Crippen molar-refractivity contribution in [2.24, 2.45) is 0 Å². The Morgan fingerprint density at radius 3 is 2.90 bits per heavy atom. The van der Waals surface area contributed by atoms with Gasteiger partial charge >= 0.3 is 0 Å². The van der Waals surface area contributed by atoms with Gasteiger partial charge in [-0.25, -0.2) is 4.98 Å². The topological polar surface area (TPSA) is 89.5 Å². The number of hydrogen-bond acceptors (Lipinski definition) is 5. The molecule has 0 aliphatic heterocycles. The van der Waals surface area contributed by atoms with Gasteiger partial charge in [-0.1, -0.05) is 17.7 Å². The summed E-state index contributed by atoms with van der Waals surface area (Å²) in [5, 5.41) is 12.3. The second-order valence-corrected chi connectivity index (χ2v) is 8.16. The summed E-state index contributed by atoms with van der Waals surface area (Å²) in [6.45, 7) is 6.93. The number of furan rings is 1. The number of carbonyl (C=O) groups excluding carboxylic acids is 1. The summed E-state index contributed by atoms with van der Waals surface area (Å²) in [5.74, 6) is 2.38. The molecule has 2 aromatic heterocycles. The number of amides is 1. The van der Waals surface area contributed by atoms with Gasteiger partial charge in [-0.15, -0.1) is 0 Å². The molecule has 164 valence electrons. The van der Waals surface area contributed by atoms with Crippen molar-refractivity contribution in [1.29, 1.82) is 0 Å². The minimum Gasteiger partial charge on any atom is -0.485 e. The highest BCUT2D eigenvalue weighted by atomic mass is 16.5. The molecule has 0 spiro atoms. The average molecular weight is 424 g/mol. The summed E-state index contributed by atoms with van der Waals surface area (Å²) >= 11 is 0. The Morgan fingerprint density at radius 1 is 1.29 bits per heavy atom. The number of benzene rings is 1. The number of aryl methyl sites for hydroxylation is 3. The van der Waals surface area contributed by atoms with Crippen LogP contribution in [0, 0.1) is 20.8 Å². The van der Waals surface area contributed by atoms with Crippen LogP contribution in [0.4, 0.5) is 0 Å². The molecule has 7 nitrogen and oxygen atoms in total. The fourth-order valence-electron chi connectivity index (χ4n) is 4.22. The quantitative estimate of drug-likeness (QED) is 0.609. The van der Waals surface area contributed by atoms with Crippen molar-refractivity contribution >= 4 is 5.91 Å². The Hall–Kier alpha value is -3.06. The van der Waals surface area contributed by atoms with Gasteiger partial charge in [0.05, 0.1) is 12.3 Å².